The average molecular weight is 210 g/mol. The summed E-state index contributed by atoms with van der Waals surface area (Å²) in [4.78, 5) is 0. The van der Waals surface area contributed by atoms with E-state index >= 15 is 0 Å². The third-order valence-corrected chi connectivity index (χ3v) is 0.666. The highest BCUT2D eigenvalue weighted by atomic mass is 127. The molecule has 0 aliphatic carbocycles. The second kappa shape index (κ2) is 4.11. The van der Waals surface area contributed by atoms with E-state index in [9.17, 15) is 0 Å². The molecule has 0 aromatic carbocycles. The van der Waals surface area contributed by atoms with Gasteiger partial charge in [0.05, 0.1) is 0 Å². The Labute approximate surface area is 56.8 Å². The molecule has 0 atom stereocenters. The van der Waals surface area contributed by atoms with Crippen molar-refractivity contribution in [2.45, 2.75) is 6.92 Å². The summed E-state index contributed by atoms with van der Waals surface area (Å²) >= 11 is 2.18. The van der Waals surface area contributed by atoms with E-state index in [0.717, 1.165) is 3.58 Å². The molecule has 40 valence electrons. The molecule has 0 aliphatic rings. The smallest absolute Gasteiger partial charge is 0.0289 e. The van der Waals surface area contributed by atoms with Gasteiger partial charge in [-0.2, -0.15) is 5.10 Å². The Morgan fingerprint density at radius 3 is 2.71 bits per heavy atom. The van der Waals surface area contributed by atoms with Crippen molar-refractivity contribution in [1.29, 1.82) is 0 Å². The SMILES string of the molecule is C=NN/C=C(\C)I. The summed E-state index contributed by atoms with van der Waals surface area (Å²) in [5, 5.41) is 3.39. The van der Waals surface area contributed by atoms with Crippen molar-refractivity contribution < 1.29 is 0 Å². The number of allylic oxidation sites excluding steroid dienone is 1. The van der Waals surface area contributed by atoms with E-state index < -0.39 is 0 Å². The maximum atomic E-state index is 3.39. The first-order valence-electron chi connectivity index (χ1n) is 1.81. The van der Waals surface area contributed by atoms with Crippen LogP contribution in [0.25, 0.3) is 0 Å². The minimum atomic E-state index is 1.16. The fraction of sp³-hybridized carbons (Fsp3) is 0.250. The largest absolute Gasteiger partial charge is 0.286 e. The number of hydrogen-bond donors (Lipinski definition) is 1. The minimum absolute atomic E-state index is 1.16. The lowest BCUT2D eigenvalue weighted by molar-refractivity contribution is 0.977. The summed E-state index contributed by atoms with van der Waals surface area (Å²) in [5.74, 6) is 0. The normalized spacial score (nSPS) is 10.9. The predicted octanol–water partition coefficient (Wildman–Crippen LogP) is 1.49. The van der Waals surface area contributed by atoms with Crippen LogP contribution in [0.1, 0.15) is 6.92 Å². The highest BCUT2D eigenvalue weighted by Gasteiger charge is 1.70. The zero-order valence-electron chi connectivity index (χ0n) is 4.11. The topological polar surface area (TPSA) is 24.4 Å². The number of nitrogens with one attached hydrogen (secondary N) is 1. The van der Waals surface area contributed by atoms with Crippen molar-refractivity contribution in [3.05, 3.63) is 9.78 Å². The van der Waals surface area contributed by atoms with Gasteiger partial charge in [0.25, 0.3) is 0 Å². The van der Waals surface area contributed by atoms with E-state index in [1.54, 1.807) is 6.20 Å². The molecule has 0 heterocycles. The van der Waals surface area contributed by atoms with Crippen LogP contribution in [0.5, 0.6) is 0 Å². The Balaban J connectivity index is 3.25. The van der Waals surface area contributed by atoms with Gasteiger partial charge in [-0.25, -0.2) is 0 Å². The summed E-state index contributed by atoms with van der Waals surface area (Å²) in [6.07, 6.45) is 1.77. The second-order valence-electron chi connectivity index (χ2n) is 1.02. The van der Waals surface area contributed by atoms with Crippen LogP contribution in [0.15, 0.2) is 14.9 Å². The number of rotatable bonds is 2. The molecular weight excluding hydrogens is 203 g/mol. The van der Waals surface area contributed by atoms with Crippen molar-refractivity contribution in [1.82, 2.24) is 5.43 Å². The van der Waals surface area contributed by atoms with Crippen LogP contribution in [0.3, 0.4) is 0 Å². The number of hydrazone groups is 1. The molecular formula is C4H7IN2. The Kier molecular flexibility index (Phi) is 4.07. The quantitative estimate of drug-likeness (QED) is 0.416. The Morgan fingerprint density at radius 2 is 2.57 bits per heavy atom. The molecule has 0 rings (SSSR count). The van der Waals surface area contributed by atoms with Crippen LogP contribution in [0, 0.1) is 0 Å². The summed E-state index contributed by atoms with van der Waals surface area (Å²) in [5.41, 5.74) is 2.59. The van der Waals surface area contributed by atoms with Gasteiger partial charge in [0.1, 0.15) is 0 Å². The monoisotopic (exact) mass is 210 g/mol. The zero-order chi connectivity index (χ0) is 5.70. The van der Waals surface area contributed by atoms with Gasteiger partial charge in [-0.15, -0.1) is 0 Å². The lowest BCUT2D eigenvalue weighted by Crippen LogP contribution is -1.89. The Morgan fingerprint density at radius 1 is 2.00 bits per heavy atom. The lowest BCUT2D eigenvalue weighted by Gasteiger charge is -1.84. The summed E-state index contributed by atoms with van der Waals surface area (Å²) in [6, 6.07) is 0. The molecule has 0 aliphatic heterocycles. The fourth-order valence-corrected chi connectivity index (χ4v) is 0.274. The van der Waals surface area contributed by atoms with Gasteiger partial charge in [0.2, 0.25) is 0 Å². The van der Waals surface area contributed by atoms with Gasteiger partial charge < -0.3 is 0 Å². The molecule has 2 nitrogen and oxygen atoms in total. The molecule has 1 N–H and O–H groups in total. The molecule has 3 heteroatoms. The first-order valence-corrected chi connectivity index (χ1v) is 2.88. The van der Waals surface area contributed by atoms with Crippen molar-refractivity contribution in [2.24, 2.45) is 5.10 Å². The third kappa shape index (κ3) is 5.94. The van der Waals surface area contributed by atoms with E-state index in [0.29, 0.717) is 0 Å². The molecule has 0 saturated carbocycles. The van der Waals surface area contributed by atoms with E-state index in [1.165, 1.54) is 0 Å². The van der Waals surface area contributed by atoms with Crippen LogP contribution in [0.4, 0.5) is 0 Å². The Bertz CT molecular complexity index is 83.7. The van der Waals surface area contributed by atoms with E-state index in [-0.39, 0.29) is 0 Å². The van der Waals surface area contributed by atoms with Crippen molar-refractivity contribution in [3.8, 4) is 0 Å². The first kappa shape index (κ1) is 6.94. The molecule has 0 fully saturated rings. The molecule has 7 heavy (non-hydrogen) atoms. The van der Waals surface area contributed by atoms with Crippen LogP contribution in [0.2, 0.25) is 0 Å². The number of nitrogens with zero attached hydrogens (tertiary/aromatic N) is 1. The standard InChI is InChI=1S/C4H7IN2/c1-4(5)3-7-6-2/h3,7H,2H2,1H3/b4-3+. The van der Waals surface area contributed by atoms with Crippen LogP contribution < -0.4 is 5.43 Å². The Hall–Kier alpha value is -0.0600. The maximum absolute atomic E-state index is 3.39. The summed E-state index contributed by atoms with van der Waals surface area (Å²) in [6.45, 7) is 5.19. The molecule has 0 aromatic heterocycles. The van der Waals surface area contributed by atoms with Crippen molar-refractivity contribution in [3.63, 3.8) is 0 Å². The highest BCUT2D eigenvalue weighted by Crippen LogP contribution is 1.98. The van der Waals surface area contributed by atoms with Crippen LogP contribution in [-0.4, -0.2) is 6.72 Å². The van der Waals surface area contributed by atoms with Gasteiger partial charge in [0, 0.05) is 16.5 Å². The van der Waals surface area contributed by atoms with Crippen LogP contribution in [-0.2, 0) is 0 Å². The molecule has 0 radical (unpaired) electrons. The van der Waals surface area contributed by atoms with E-state index in [2.05, 4.69) is 39.8 Å². The summed E-state index contributed by atoms with van der Waals surface area (Å²) in [7, 11) is 0. The van der Waals surface area contributed by atoms with Crippen molar-refractivity contribution >= 4 is 29.3 Å². The maximum Gasteiger partial charge on any atom is 0.0289 e. The lowest BCUT2D eigenvalue weighted by atomic mass is 10.7. The zero-order valence-corrected chi connectivity index (χ0v) is 6.27. The molecule has 0 bridgehead atoms. The van der Waals surface area contributed by atoms with Gasteiger partial charge in [-0.05, 0) is 29.5 Å². The van der Waals surface area contributed by atoms with Gasteiger partial charge in [0.15, 0.2) is 0 Å². The highest BCUT2D eigenvalue weighted by molar-refractivity contribution is 14.1. The van der Waals surface area contributed by atoms with E-state index in [1.807, 2.05) is 6.92 Å². The van der Waals surface area contributed by atoms with Gasteiger partial charge in [-0.1, -0.05) is 0 Å². The number of halogens is 1. The van der Waals surface area contributed by atoms with Crippen LogP contribution >= 0.6 is 22.6 Å². The van der Waals surface area contributed by atoms with Gasteiger partial charge in [-0.3, -0.25) is 5.43 Å². The number of hydrogen-bond acceptors (Lipinski definition) is 2. The summed E-state index contributed by atoms with van der Waals surface area (Å²) < 4.78 is 1.16. The molecule has 0 spiro atoms. The first-order chi connectivity index (χ1) is 3.27. The molecule has 0 amide bonds. The van der Waals surface area contributed by atoms with Gasteiger partial charge >= 0.3 is 0 Å². The second-order valence-corrected chi connectivity index (χ2v) is 2.72. The molecule has 0 unspecified atom stereocenters. The van der Waals surface area contributed by atoms with E-state index in [4.69, 9.17) is 0 Å². The minimum Gasteiger partial charge on any atom is -0.286 e. The molecule has 0 aromatic rings. The average Bonchev–Trinajstić information content (AvgIpc) is 1.61. The fourth-order valence-electron chi connectivity index (χ4n) is 0.135. The molecule has 0 saturated heterocycles. The van der Waals surface area contributed by atoms with Crippen molar-refractivity contribution in [2.75, 3.05) is 0 Å². The predicted molar refractivity (Wildman–Crippen MR) is 40.5 cm³/mol. The third-order valence-electron chi connectivity index (χ3n) is 0.355.